The molecule has 6 nitrogen and oxygen atoms in total. The van der Waals surface area contributed by atoms with Crippen LogP contribution < -0.4 is 5.73 Å². The number of aliphatic hydroxyl groups is 2. The minimum absolute atomic E-state index is 0.108. The SMILES string of the molecule is CCOC(=O)C(O)C(O)c1cnc(Cl)cc1N. The molecule has 94 valence electrons. The van der Waals surface area contributed by atoms with E-state index in [2.05, 4.69) is 9.72 Å². The number of carbonyl (C=O) groups is 1. The summed E-state index contributed by atoms with van der Waals surface area (Å²) in [4.78, 5) is 14.9. The molecule has 0 bridgehead atoms. The van der Waals surface area contributed by atoms with Gasteiger partial charge in [-0.15, -0.1) is 0 Å². The predicted molar refractivity (Wildman–Crippen MR) is 61.3 cm³/mol. The fourth-order valence-electron chi connectivity index (χ4n) is 1.23. The van der Waals surface area contributed by atoms with Crippen LogP contribution in [-0.4, -0.2) is 33.9 Å². The Morgan fingerprint density at radius 2 is 2.29 bits per heavy atom. The third-order valence-corrected chi connectivity index (χ3v) is 2.29. The lowest BCUT2D eigenvalue weighted by Crippen LogP contribution is -2.30. The number of aliphatic hydroxyl groups excluding tert-OH is 2. The summed E-state index contributed by atoms with van der Waals surface area (Å²) >= 11 is 5.59. The third-order valence-electron chi connectivity index (χ3n) is 2.08. The number of hydrogen-bond donors (Lipinski definition) is 3. The Labute approximate surface area is 103 Å². The van der Waals surface area contributed by atoms with E-state index in [0.717, 1.165) is 0 Å². The number of anilines is 1. The van der Waals surface area contributed by atoms with Gasteiger partial charge in [-0.25, -0.2) is 9.78 Å². The Morgan fingerprint density at radius 1 is 1.65 bits per heavy atom. The summed E-state index contributed by atoms with van der Waals surface area (Å²) < 4.78 is 4.57. The molecule has 1 aromatic rings. The Morgan fingerprint density at radius 3 is 2.82 bits per heavy atom. The highest BCUT2D eigenvalue weighted by molar-refractivity contribution is 6.29. The van der Waals surface area contributed by atoms with Crippen molar-refractivity contribution in [3.63, 3.8) is 0 Å². The molecule has 0 aliphatic rings. The van der Waals surface area contributed by atoms with E-state index < -0.39 is 18.2 Å². The second-order valence-electron chi connectivity index (χ2n) is 3.28. The molecule has 0 radical (unpaired) electrons. The van der Waals surface area contributed by atoms with Crippen LogP contribution in [0.15, 0.2) is 12.3 Å². The summed E-state index contributed by atoms with van der Waals surface area (Å²) in [7, 11) is 0. The molecule has 4 N–H and O–H groups in total. The maximum Gasteiger partial charge on any atom is 0.338 e. The highest BCUT2D eigenvalue weighted by atomic mass is 35.5. The molecular weight excluding hydrogens is 248 g/mol. The van der Waals surface area contributed by atoms with E-state index in [0.29, 0.717) is 0 Å². The largest absolute Gasteiger partial charge is 0.464 e. The maximum absolute atomic E-state index is 11.2. The lowest BCUT2D eigenvalue weighted by atomic mass is 10.1. The normalized spacial score (nSPS) is 14.1. The van der Waals surface area contributed by atoms with E-state index in [-0.39, 0.29) is 23.0 Å². The van der Waals surface area contributed by atoms with Crippen molar-refractivity contribution in [2.45, 2.75) is 19.1 Å². The molecule has 0 saturated carbocycles. The zero-order valence-corrected chi connectivity index (χ0v) is 9.89. The third kappa shape index (κ3) is 3.29. The van der Waals surface area contributed by atoms with Crippen LogP contribution in [0.2, 0.25) is 5.15 Å². The Kier molecular flexibility index (Phi) is 4.68. The van der Waals surface area contributed by atoms with Crippen molar-refractivity contribution >= 4 is 23.3 Å². The van der Waals surface area contributed by atoms with E-state index in [4.69, 9.17) is 17.3 Å². The highest BCUT2D eigenvalue weighted by Gasteiger charge is 2.28. The number of pyridine rings is 1. The summed E-state index contributed by atoms with van der Waals surface area (Å²) in [5.74, 6) is -0.922. The van der Waals surface area contributed by atoms with E-state index in [1.165, 1.54) is 12.3 Å². The van der Waals surface area contributed by atoms with E-state index in [1.54, 1.807) is 6.92 Å². The fourth-order valence-corrected chi connectivity index (χ4v) is 1.39. The standard InChI is InChI=1S/C10H13ClN2O4/c1-2-17-10(16)9(15)8(14)5-4-13-7(11)3-6(5)12/h3-4,8-9,14-15H,2H2,1H3,(H2,12,13). The van der Waals surface area contributed by atoms with Gasteiger partial charge in [-0.3, -0.25) is 0 Å². The predicted octanol–water partition coefficient (Wildman–Crippen LogP) is 0.275. The summed E-state index contributed by atoms with van der Waals surface area (Å²) in [5, 5.41) is 19.4. The highest BCUT2D eigenvalue weighted by Crippen LogP contribution is 2.24. The smallest absolute Gasteiger partial charge is 0.338 e. The van der Waals surface area contributed by atoms with Gasteiger partial charge in [0, 0.05) is 17.4 Å². The number of nitrogens with two attached hydrogens (primary N) is 1. The van der Waals surface area contributed by atoms with Gasteiger partial charge in [-0.2, -0.15) is 0 Å². The minimum Gasteiger partial charge on any atom is -0.464 e. The lowest BCUT2D eigenvalue weighted by Gasteiger charge is -2.17. The summed E-state index contributed by atoms with van der Waals surface area (Å²) in [6.45, 7) is 1.70. The molecule has 0 aromatic carbocycles. The first-order valence-electron chi connectivity index (χ1n) is 4.91. The van der Waals surface area contributed by atoms with Crippen molar-refractivity contribution in [2.75, 3.05) is 12.3 Å². The summed E-state index contributed by atoms with van der Waals surface area (Å²) in [6.07, 6.45) is -2.01. The van der Waals surface area contributed by atoms with Gasteiger partial charge >= 0.3 is 5.97 Å². The molecule has 0 fully saturated rings. The second-order valence-corrected chi connectivity index (χ2v) is 3.66. The number of ether oxygens (including phenoxy) is 1. The average Bonchev–Trinajstić information content (AvgIpc) is 2.27. The van der Waals surface area contributed by atoms with Crippen LogP contribution in [0.3, 0.4) is 0 Å². The van der Waals surface area contributed by atoms with Crippen LogP contribution in [0.5, 0.6) is 0 Å². The van der Waals surface area contributed by atoms with Gasteiger partial charge in [0.15, 0.2) is 6.10 Å². The fraction of sp³-hybridized carbons (Fsp3) is 0.400. The van der Waals surface area contributed by atoms with E-state index in [9.17, 15) is 15.0 Å². The number of rotatable bonds is 4. The van der Waals surface area contributed by atoms with Crippen LogP contribution in [0, 0.1) is 0 Å². The number of nitrogen functional groups attached to an aromatic ring is 1. The minimum atomic E-state index is -1.71. The van der Waals surface area contributed by atoms with Crippen LogP contribution >= 0.6 is 11.6 Å². The van der Waals surface area contributed by atoms with Gasteiger partial charge in [-0.1, -0.05) is 11.6 Å². The number of hydrogen-bond acceptors (Lipinski definition) is 6. The zero-order valence-electron chi connectivity index (χ0n) is 9.13. The van der Waals surface area contributed by atoms with Crippen LogP contribution in [0.25, 0.3) is 0 Å². The first-order chi connectivity index (χ1) is 7.97. The number of aromatic nitrogens is 1. The van der Waals surface area contributed by atoms with Crippen molar-refractivity contribution in [1.29, 1.82) is 0 Å². The van der Waals surface area contributed by atoms with Gasteiger partial charge in [0.1, 0.15) is 11.3 Å². The lowest BCUT2D eigenvalue weighted by molar-refractivity contribution is -0.159. The van der Waals surface area contributed by atoms with Crippen molar-refractivity contribution in [2.24, 2.45) is 0 Å². The van der Waals surface area contributed by atoms with E-state index in [1.807, 2.05) is 0 Å². The van der Waals surface area contributed by atoms with Gasteiger partial charge < -0.3 is 20.7 Å². The first kappa shape index (κ1) is 13.7. The molecule has 0 aliphatic carbocycles. The quantitative estimate of drug-likeness (QED) is 0.530. The van der Waals surface area contributed by atoms with Gasteiger partial charge in [-0.05, 0) is 13.0 Å². The molecular formula is C10H13ClN2O4. The topological polar surface area (TPSA) is 106 Å². The van der Waals surface area contributed by atoms with Gasteiger partial charge in [0.2, 0.25) is 0 Å². The van der Waals surface area contributed by atoms with Gasteiger partial charge in [0.25, 0.3) is 0 Å². The van der Waals surface area contributed by atoms with Crippen molar-refractivity contribution in [1.82, 2.24) is 4.98 Å². The zero-order chi connectivity index (χ0) is 13.0. The Balaban J connectivity index is 2.88. The van der Waals surface area contributed by atoms with E-state index >= 15 is 0 Å². The second kappa shape index (κ2) is 5.81. The number of carbonyl (C=O) groups excluding carboxylic acids is 1. The van der Waals surface area contributed by atoms with Crippen LogP contribution in [0.4, 0.5) is 5.69 Å². The average molecular weight is 261 g/mol. The number of nitrogens with zero attached hydrogens (tertiary/aromatic N) is 1. The summed E-state index contributed by atoms with van der Waals surface area (Å²) in [6, 6.07) is 1.32. The molecule has 17 heavy (non-hydrogen) atoms. The molecule has 2 unspecified atom stereocenters. The van der Waals surface area contributed by atoms with Crippen molar-refractivity contribution in [3.05, 3.63) is 23.0 Å². The monoisotopic (exact) mass is 260 g/mol. The number of esters is 1. The molecule has 0 amide bonds. The molecule has 7 heteroatoms. The maximum atomic E-state index is 11.2. The van der Waals surface area contributed by atoms with Crippen molar-refractivity contribution < 1.29 is 19.7 Å². The van der Waals surface area contributed by atoms with Crippen molar-refractivity contribution in [3.8, 4) is 0 Å². The molecule has 2 atom stereocenters. The Hall–Kier alpha value is -1.37. The Bertz CT molecular complexity index is 413. The molecule has 0 saturated heterocycles. The molecule has 1 rings (SSSR count). The molecule has 0 aliphatic heterocycles. The molecule has 0 spiro atoms. The molecule has 1 heterocycles. The number of halogens is 1. The van der Waals surface area contributed by atoms with Crippen LogP contribution in [-0.2, 0) is 9.53 Å². The summed E-state index contributed by atoms with van der Waals surface area (Å²) in [5.41, 5.74) is 5.85. The van der Waals surface area contributed by atoms with Gasteiger partial charge in [0.05, 0.1) is 6.61 Å². The first-order valence-corrected chi connectivity index (χ1v) is 5.28. The molecule has 1 aromatic heterocycles. The van der Waals surface area contributed by atoms with Crippen LogP contribution in [0.1, 0.15) is 18.6 Å².